The number of amides is 1. The lowest BCUT2D eigenvalue weighted by molar-refractivity contribution is -0.167. The van der Waals surface area contributed by atoms with Gasteiger partial charge in [0.05, 0.1) is 0 Å². The standard InChI is InChI=1S/C7H8F3N3O/c1-2-4-3-5(13-12-4)11-6(14)7(8,9)10/h3H,2H2,1H3,(H2,11,12,13,14). The van der Waals surface area contributed by atoms with E-state index in [9.17, 15) is 18.0 Å². The molecule has 0 atom stereocenters. The van der Waals surface area contributed by atoms with Gasteiger partial charge in [0, 0.05) is 11.8 Å². The van der Waals surface area contributed by atoms with Gasteiger partial charge in [-0.25, -0.2) is 0 Å². The quantitative estimate of drug-likeness (QED) is 0.771. The number of carbonyl (C=O) groups excluding carboxylic acids is 1. The second-order valence-corrected chi connectivity index (χ2v) is 2.58. The highest BCUT2D eigenvalue weighted by Gasteiger charge is 2.39. The summed E-state index contributed by atoms with van der Waals surface area (Å²) in [4.78, 5) is 10.4. The average Bonchev–Trinajstić information content (AvgIpc) is 2.50. The summed E-state index contributed by atoms with van der Waals surface area (Å²) in [5, 5.41) is 7.59. The average molecular weight is 207 g/mol. The van der Waals surface area contributed by atoms with Crippen molar-refractivity contribution in [3.63, 3.8) is 0 Å². The van der Waals surface area contributed by atoms with Crippen LogP contribution in [0.5, 0.6) is 0 Å². The molecule has 0 aliphatic heterocycles. The number of alkyl halides is 3. The first-order chi connectivity index (χ1) is 6.43. The van der Waals surface area contributed by atoms with E-state index in [1.165, 1.54) is 6.07 Å². The lowest BCUT2D eigenvalue weighted by atomic mass is 10.3. The van der Waals surface area contributed by atoms with Crippen molar-refractivity contribution < 1.29 is 18.0 Å². The molecular weight excluding hydrogens is 199 g/mol. The summed E-state index contributed by atoms with van der Waals surface area (Å²) < 4.78 is 35.3. The Labute approximate surface area is 77.5 Å². The number of anilines is 1. The minimum atomic E-state index is -4.88. The molecular formula is C7H8F3N3O. The molecule has 1 aromatic rings. The van der Waals surface area contributed by atoms with Crippen molar-refractivity contribution >= 4 is 11.7 Å². The summed E-state index contributed by atoms with van der Waals surface area (Å²) in [5.74, 6) is -2.14. The lowest BCUT2D eigenvalue weighted by Gasteiger charge is -2.03. The van der Waals surface area contributed by atoms with Crippen LogP contribution in [0, 0.1) is 0 Å². The van der Waals surface area contributed by atoms with Gasteiger partial charge in [0.2, 0.25) is 0 Å². The van der Waals surface area contributed by atoms with Crippen molar-refractivity contribution in [1.29, 1.82) is 0 Å². The number of aromatic amines is 1. The van der Waals surface area contributed by atoms with E-state index in [2.05, 4.69) is 10.2 Å². The number of carbonyl (C=O) groups is 1. The number of nitrogens with one attached hydrogen (secondary N) is 2. The number of aromatic nitrogens is 2. The lowest BCUT2D eigenvalue weighted by Crippen LogP contribution is -2.30. The minimum absolute atomic E-state index is 0.121. The number of aryl methyl sites for hydroxylation is 1. The molecule has 1 aromatic heterocycles. The highest BCUT2D eigenvalue weighted by atomic mass is 19.4. The molecule has 0 fully saturated rings. The van der Waals surface area contributed by atoms with Gasteiger partial charge in [-0.3, -0.25) is 9.89 Å². The molecule has 0 aliphatic rings. The van der Waals surface area contributed by atoms with Gasteiger partial charge in [0.25, 0.3) is 0 Å². The van der Waals surface area contributed by atoms with E-state index in [-0.39, 0.29) is 5.82 Å². The van der Waals surface area contributed by atoms with Crippen molar-refractivity contribution in [2.24, 2.45) is 0 Å². The maximum atomic E-state index is 11.8. The molecule has 78 valence electrons. The topological polar surface area (TPSA) is 57.8 Å². The third-order valence-corrected chi connectivity index (χ3v) is 1.51. The minimum Gasteiger partial charge on any atom is -0.301 e. The molecule has 4 nitrogen and oxygen atoms in total. The van der Waals surface area contributed by atoms with Crippen LogP contribution in [-0.4, -0.2) is 22.3 Å². The van der Waals surface area contributed by atoms with E-state index in [4.69, 9.17) is 0 Å². The monoisotopic (exact) mass is 207 g/mol. The number of nitrogens with zero attached hydrogens (tertiary/aromatic N) is 1. The second-order valence-electron chi connectivity index (χ2n) is 2.58. The molecule has 0 radical (unpaired) electrons. The Morgan fingerprint density at radius 3 is 2.71 bits per heavy atom. The molecule has 1 heterocycles. The number of halogens is 3. The molecule has 0 unspecified atom stereocenters. The van der Waals surface area contributed by atoms with Crippen molar-refractivity contribution in [2.75, 3.05) is 5.32 Å². The predicted molar refractivity (Wildman–Crippen MR) is 42.7 cm³/mol. The normalized spacial score (nSPS) is 11.4. The van der Waals surface area contributed by atoms with Gasteiger partial charge in [-0.05, 0) is 6.42 Å². The predicted octanol–water partition coefficient (Wildman–Crippen LogP) is 1.47. The van der Waals surface area contributed by atoms with Gasteiger partial charge in [0.1, 0.15) is 0 Å². The molecule has 0 bridgehead atoms. The fraction of sp³-hybridized carbons (Fsp3) is 0.429. The Bertz CT molecular complexity index is 331. The first-order valence-electron chi connectivity index (χ1n) is 3.86. The van der Waals surface area contributed by atoms with Crippen LogP contribution in [0.3, 0.4) is 0 Å². The van der Waals surface area contributed by atoms with E-state index in [0.29, 0.717) is 12.1 Å². The van der Waals surface area contributed by atoms with Crippen molar-refractivity contribution in [2.45, 2.75) is 19.5 Å². The Morgan fingerprint density at radius 2 is 2.29 bits per heavy atom. The number of hydrogen-bond acceptors (Lipinski definition) is 2. The Balaban J connectivity index is 2.65. The second kappa shape index (κ2) is 3.69. The summed E-state index contributed by atoms with van der Waals surface area (Å²) in [7, 11) is 0. The van der Waals surface area contributed by atoms with Crippen LogP contribution in [0.2, 0.25) is 0 Å². The van der Waals surface area contributed by atoms with Crippen LogP contribution in [0.15, 0.2) is 6.07 Å². The number of H-pyrrole nitrogens is 1. The van der Waals surface area contributed by atoms with E-state index < -0.39 is 12.1 Å². The van der Waals surface area contributed by atoms with Crippen molar-refractivity contribution in [3.8, 4) is 0 Å². The summed E-state index contributed by atoms with van der Waals surface area (Å²) in [6.07, 6.45) is -4.28. The molecule has 7 heteroatoms. The van der Waals surface area contributed by atoms with Crippen LogP contribution in [0.1, 0.15) is 12.6 Å². The zero-order valence-electron chi connectivity index (χ0n) is 7.27. The van der Waals surface area contributed by atoms with Crippen molar-refractivity contribution in [1.82, 2.24) is 10.2 Å². The Morgan fingerprint density at radius 1 is 1.64 bits per heavy atom. The van der Waals surface area contributed by atoms with E-state index in [0.717, 1.165) is 0 Å². The smallest absolute Gasteiger partial charge is 0.301 e. The number of hydrogen-bond donors (Lipinski definition) is 2. The summed E-state index contributed by atoms with van der Waals surface area (Å²) in [6.45, 7) is 1.81. The SMILES string of the molecule is CCc1cc(NC(=O)C(F)(F)F)n[nH]1. The van der Waals surface area contributed by atoms with Crippen LogP contribution < -0.4 is 5.32 Å². The summed E-state index contributed by atoms with van der Waals surface area (Å²) >= 11 is 0. The molecule has 0 spiro atoms. The van der Waals surface area contributed by atoms with Gasteiger partial charge in [-0.2, -0.15) is 18.3 Å². The van der Waals surface area contributed by atoms with Crippen LogP contribution in [0.4, 0.5) is 19.0 Å². The summed E-state index contributed by atoms with van der Waals surface area (Å²) in [5.41, 5.74) is 0.655. The van der Waals surface area contributed by atoms with E-state index in [1.807, 2.05) is 6.92 Å². The largest absolute Gasteiger partial charge is 0.471 e. The maximum Gasteiger partial charge on any atom is 0.471 e. The highest BCUT2D eigenvalue weighted by molar-refractivity contribution is 5.94. The summed E-state index contributed by atoms with van der Waals surface area (Å²) in [6, 6.07) is 1.35. The third-order valence-electron chi connectivity index (χ3n) is 1.51. The fourth-order valence-corrected chi connectivity index (χ4v) is 0.794. The maximum absolute atomic E-state index is 11.8. The van der Waals surface area contributed by atoms with Crippen LogP contribution in [-0.2, 0) is 11.2 Å². The zero-order chi connectivity index (χ0) is 10.8. The fourth-order valence-electron chi connectivity index (χ4n) is 0.794. The van der Waals surface area contributed by atoms with Crippen LogP contribution in [0.25, 0.3) is 0 Å². The van der Waals surface area contributed by atoms with Gasteiger partial charge in [-0.15, -0.1) is 0 Å². The number of rotatable bonds is 2. The first-order valence-corrected chi connectivity index (χ1v) is 3.86. The highest BCUT2D eigenvalue weighted by Crippen LogP contribution is 2.17. The third kappa shape index (κ3) is 2.48. The van der Waals surface area contributed by atoms with Gasteiger partial charge in [0.15, 0.2) is 5.82 Å². The molecule has 0 aromatic carbocycles. The molecule has 1 rings (SSSR count). The molecule has 0 saturated carbocycles. The van der Waals surface area contributed by atoms with Crippen LogP contribution >= 0.6 is 0 Å². The Hall–Kier alpha value is -1.53. The Kier molecular flexibility index (Phi) is 2.78. The molecule has 1 amide bonds. The van der Waals surface area contributed by atoms with Gasteiger partial charge < -0.3 is 5.32 Å². The molecule has 14 heavy (non-hydrogen) atoms. The van der Waals surface area contributed by atoms with Crippen molar-refractivity contribution in [3.05, 3.63) is 11.8 Å². The molecule has 0 saturated heterocycles. The molecule has 2 N–H and O–H groups in total. The first kappa shape index (κ1) is 10.6. The van der Waals surface area contributed by atoms with E-state index >= 15 is 0 Å². The van der Waals surface area contributed by atoms with Gasteiger partial charge >= 0.3 is 12.1 Å². The molecule has 0 aliphatic carbocycles. The van der Waals surface area contributed by atoms with E-state index in [1.54, 1.807) is 5.32 Å². The van der Waals surface area contributed by atoms with Gasteiger partial charge in [-0.1, -0.05) is 6.92 Å². The zero-order valence-corrected chi connectivity index (χ0v) is 7.27.